The van der Waals surface area contributed by atoms with Gasteiger partial charge >= 0.3 is 6.18 Å². The molecule has 4 nitrogen and oxygen atoms in total. The first kappa shape index (κ1) is 17.4. The summed E-state index contributed by atoms with van der Waals surface area (Å²) < 4.78 is 40.2. The molecule has 1 N–H and O–H groups in total. The number of hydrazone groups is 1. The average Bonchev–Trinajstić information content (AvgIpc) is 2.93. The maximum atomic E-state index is 13.4. The number of carbonyl (C=O) groups is 1. The minimum atomic E-state index is -4.87. The van der Waals surface area contributed by atoms with Crippen molar-refractivity contribution in [2.24, 2.45) is 11.0 Å². The van der Waals surface area contributed by atoms with Crippen LogP contribution in [0.4, 0.5) is 18.9 Å². The second-order valence-corrected chi connectivity index (χ2v) is 5.82. The van der Waals surface area contributed by atoms with E-state index in [0.717, 1.165) is 0 Å². The van der Waals surface area contributed by atoms with Gasteiger partial charge in [0.2, 0.25) is 0 Å². The number of hydrogen-bond donors (Lipinski definition) is 1. The smallest absolute Gasteiger partial charge is 0.387 e. The SMILES string of the molecule is O=C1C(C(O)c2ccccc2Cl)C(C(F)(F)F)=NN1c1ccccc1. The maximum Gasteiger partial charge on any atom is 0.432 e. The van der Waals surface area contributed by atoms with Crippen molar-refractivity contribution >= 4 is 28.9 Å². The van der Waals surface area contributed by atoms with Crippen molar-refractivity contribution in [3.05, 3.63) is 65.2 Å². The van der Waals surface area contributed by atoms with E-state index in [0.29, 0.717) is 5.01 Å². The highest BCUT2D eigenvalue weighted by Crippen LogP contribution is 2.39. The molecule has 0 spiro atoms. The number of carbonyl (C=O) groups excluding carboxylic acids is 1. The van der Waals surface area contributed by atoms with Crippen molar-refractivity contribution in [1.29, 1.82) is 0 Å². The van der Waals surface area contributed by atoms with Crippen LogP contribution in [-0.2, 0) is 4.79 Å². The molecule has 25 heavy (non-hydrogen) atoms. The molecule has 1 heterocycles. The summed E-state index contributed by atoms with van der Waals surface area (Å²) in [6, 6.07) is 13.6. The maximum absolute atomic E-state index is 13.4. The first-order chi connectivity index (χ1) is 11.8. The summed E-state index contributed by atoms with van der Waals surface area (Å²) in [5, 5.41) is 14.6. The lowest BCUT2D eigenvalue weighted by atomic mass is 9.91. The number of anilines is 1. The summed E-state index contributed by atoms with van der Waals surface area (Å²) in [4.78, 5) is 12.6. The fraction of sp³-hybridized carbons (Fsp3) is 0.176. The van der Waals surface area contributed by atoms with E-state index in [9.17, 15) is 23.1 Å². The molecule has 8 heteroatoms. The lowest BCUT2D eigenvalue weighted by molar-refractivity contribution is -0.123. The summed E-state index contributed by atoms with van der Waals surface area (Å²) in [6.07, 6.45) is -6.64. The Morgan fingerprint density at radius 2 is 1.68 bits per heavy atom. The van der Waals surface area contributed by atoms with Crippen LogP contribution in [0.5, 0.6) is 0 Å². The highest BCUT2D eigenvalue weighted by molar-refractivity contribution is 6.31. The van der Waals surface area contributed by atoms with E-state index < -0.39 is 29.8 Å². The molecule has 1 amide bonds. The lowest BCUT2D eigenvalue weighted by Gasteiger charge is -2.21. The third kappa shape index (κ3) is 3.25. The van der Waals surface area contributed by atoms with Crippen LogP contribution in [0.1, 0.15) is 11.7 Å². The number of halogens is 4. The number of hydrogen-bond acceptors (Lipinski definition) is 3. The zero-order chi connectivity index (χ0) is 18.2. The Labute approximate surface area is 146 Å². The van der Waals surface area contributed by atoms with Crippen LogP contribution in [0.2, 0.25) is 5.02 Å². The molecule has 2 unspecified atom stereocenters. The van der Waals surface area contributed by atoms with Gasteiger partial charge in [0.05, 0.1) is 11.8 Å². The largest absolute Gasteiger partial charge is 0.432 e. The minimum Gasteiger partial charge on any atom is -0.387 e. The number of aliphatic hydroxyl groups is 1. The monoisotopic (exact) mass is 368 g/mol. The third-order valence-corrected chi connectivity index (χ3v) is 4.15. The van der Waals surface area contributed by atoms with Crippen molar-refractivity contribution in [3.63, 3.8) is 0 Å². The Hall–Kier alpha value is -2.38. The van der Waals surface area contributed by atoms with E-state index in [4.69, 9.17) is 11.6 Å². The fourth-order valence-corrected chi connectivity index (χ4v) is 2.88. The van der Waals surface area contributed by atoms with E-state index >= 15 is 0 Å². The van der Waals surface area contributed by atoms with Crippen molar-refractivity contribution in [2.45, 2.75) is 12.3 Å². The van der Waals surface area contributed by atoms with E-state index in [1.807, 2.05) is 0 Å². The van der Waals surface area contributed by atoms with E-state index in [1.165, 1.54) is 30.3 Å². The Bertz CT molecular complexity index is 824. The Kier molecular flexibility index (Phi) is 4.53. The molecule has 0 fully saturated rings. The van der Waals surface area contributed by atoms with Gasteiger partial charge in [-0.2, -0.15) is 23.3 Å². The summed E-state index contributed by atoms with van der Waals surface area (Å²) in [7, 11) is 0. The van der Waals surface area contributed by atoms with Crippen molar-refractivity contribution < 1.29 is 23.1 Å². The molecule has 0 aliphatic carbocycles. The van der Waals surface area contributed by atoms with Gasteiger partial charge < -0.3 is 5.11 Å². The summed E-state index contributed by atoms with van der Waals surface area (Å²) in [5.74, 6) is -2.86. The molecule has 2 aromatic carbocycles. The molecule has 1 aliphatic heterocycles. The van der Waals surface area contributed by atoms with Gasteiger partial charge in [-0.15, -0.1) is 0 Å². The second kappa shape index (κ2) is 6.50. The first-order valence-electron chi connectivity index (χ1n) is 7.28. The number of alkyl halides is 3. The molecule has 130 valence electrons. The number of amides is 1. The number of para-hydroxylation sites is 1. The normalized spacial score (nSPS) is 19.1. The quantitative estimate of drug-likeness (QED) is 0.891. The Morgan fingerprint density at radius 3 is 2.28 bits per heavy atom. The highest BCUT2D eigenvalue weighted by atomic mass is 35.5. The molecule has 0 saturated heterocycles. The molecular weight excluding hydrogens is 357 g/mol. The van der Waals surface area contributed by atoms with Gasteiger partial charge in [-0.3, -0.25) is 4.79 Å². The lowest BCUT2D eigenvalue weighted by Crippen LogP contribution is -2.37. The predicted octanol–water partition coefficient (Wildman–Crippen LogP) is 3.95. The fourth-order valence-electron chi connectivity index (χ4n) is 2.63. The van der Waals surface area contributed by atoms with Crippen molar-refractivity contribution in [1.82, 2.24) is 0 Å². The zero-order valence-corrected chi connectivity index (χ0v) is 13.4. The third-order valence-electron chi connectivity index (χ3n) is 3.81. The number of aliphatic hydroxyl groups excluding tert-OH is 1. The molecule has 1 aliphatic rings. The summed E-state index contributed by atoms with van der Waals surface area (Å²) in [5.41, 5.74) is -1.13. The van der Waals surface area contributed by atoms with Crippen LogP contribution in [0.3, 0.4) is 0 Å². The van der Waals surface area contributed by atoms with Crippen LogP contribution in [0.15, 0.2) is 59.7 Å². The second-order valence-electron chi connectivity index (χ2n) is 5.41. The van der Waals surface area contributed by atoms with Gasteiger partial charge in [0.25, 0.3) is 5.91 Å². The zero-order valence-electron chi connectivity index (χ0n) is 12.6. The molecule has 0 aromatic heterocycles. The number of nitrogens with zero attached hydrogens (tertiary/aromatic N) is 2. The van der Waals surface area contributed by atoms with E-state index in [2.05, 4.69) is 5.10 Å². The van der Waals surface area contributed by atoms with Gasteiger partial charge in [-0.1, -0.05) is 48.0 Å². The van der Waals surface area contributed by atoms with Gasteiger partial charge in [0.15, 0.2) is 5.71 Å². The molecule has 3 rings (SSSR count). The van der Waals surface area contributed by atoms with Crippen LogP contribution >= 0.6 is 11.6 Å². The molecular formula is C17H12ClF3N2O2. The summed E-state index contributed by atoms with van der Waals surface area (Å²) in [6.45, 7) is 0. The number of rotatable bonds is 3. The molecule has 0 bridgehead atoms. The van der Waals surface area contributed by atoms with Crippen LogP contribution < -0.4 is 5.01 Å². The average molecular weight is 369 g/mol. The molecule has 0 radical (unpaired) electrons. The Balaban J connectivity index is 2.05. The standard InChI is InChI=1S/C17H12ClF3N2O2/c18-12-9-5-4-8-11(12)14(24)13-15(17(19,20)21)22-23(16(13)25)10-6-2-1-3-7-10/h1-9,13-14,24H. The van der Waals surface area contributed by atoms with Crippen molar-refractivity contribution in [3.8, 4) is 0 Å². The summed E-state index contributed by atoms with van der Waals surface area (Å²) >= 11 is 5.95. The highest BCUT2D eigenvalue weighted by Gasteiger charge is 2.53. The Morgan fingerprint density at radius 1 is 1.08 bits per heavy atom. The van der Waals surface area contributed by atoms with Gasteiger partial charge in [-0.05, 0) is 18.2 Å². The van der Waals surface area contributed by atoms with Gasteiger partial charge in [-0.25, -0.2) is 0 Å². The first-order valence-corrected chi connectivity index (χ1v) is 7.65. The van der Waals surface area contributed by atoms with E-state index in [-0.39, 0.29) is 16.3 Å². The van der Waals surface area contributed by atoms with Gasteiger partial charge in [0.1, 0.15) is 5.92 Å². The van der Waals surface area contributed by atoms with Crippen LogP contribution in [0, 0.1) is 5.92 Å². The molecule has 2 aromatic rings. The van der Waals surface area contributed by atoms with Crippen LogP contribution in [-0.4, -0.2) is 22.9 Å². The van der Waals surface area contributed by atoms with Gasteiger partial charge in [0, 0.05) is 10.6 Å². The number of benzene rings is 2. The predicted molar refractivity (Wildman–Crippen MR) is 87.3 cm³/mol. The minimum absolute atomic E-state index is 0.0365. The topological polar surface area (TPSA) is 52.9 Å². The van der Waals surface area contributed by atoms with Crippen LogP contribution in [0.25, 0.3) is 0 Å². The molecule has 2 atom stereocenters. The van der Waals surface area contributed by atoms with E-state index in [1.54, 1.807) is 24.3 Å². The van der Waals surface area contributed by atoms with Crippen molar-refractivity contribution in [2.75, 3.05) is 5.01 Å². The molecule has 0 saturated carbocycles.